The smallest absolute Gasteiger partial charge is 0.467 e. The summed E-state index contributed by atoms with van der Waals surface area (Å²) < 4.78 is 9.92. The molecule has 128 valence electrons. The summed E-state index contributed by atoms with van der Waals surface area (Å²) in [6.45, 7) is 0.317. The van der Waals surface area contributed by atoms with E-state index < -0.39 is 25.0 Å². The van der Waals surface area contributed by atoms with Gasteiger partial charge < -0.3 is 19.7 Å². The van der Waals surface area contributed by atoms with Crippen molar-refractivity contribution in [2.75, 3.05) is 7.11 Å². The average Bonchev–Trinajstić information content (AvgIpc) is 3.01. The fourth-order valence-electron chi connectivity index (χ4n) is 2.78. The first-order valence-corrected chi connectivity index (χ1v) is 7.93. The summed E-state index contributed by atoms with van der Waals surface area (Å²) in [5, 5.41) is 12.5. The lowest BCUT2D eigenvalue weighted by Crippen LogP contribution is -2.43. The third-order valence-electron chi connectivity index (χ3n) is 4.14. The van der Waals surface area contributed by atoms with Gasteiger partial charge in [-0.2, -0.15) is 0 Å². The Morgan fingerprint density at radius 2 is 2.04 bits per heavy atom. The SMILES string of the molecule is COC(=O)[C@H](Cc1ccccc1)NC(=O)c1ccc2c(c1)B(O)OC2. The summed E-state index contributed by atoms with van der Waals surface area (Å²) in [6.07, 6.45) is 0.329. The van der Waals surface area contributed by atoms with Crippen LogP contribution in [0.2, 0.25) is 0 Å². The highest BCUT2D eigenvalue weighted by Crippen LogP contribution is 2.12. The van der Waals surface area contributed by atoms with Gasteiger partial charge in [-0.05, 0) is 28.7 Å². The maximum atomic E-state index is 12.5. The first kappa shape index (κ1) is 17.2. The Bertz CT molecular complexity index is 780. The van der Waals surface area contributed by atoms with Crippen LogP contribution >= 0.6 is 0 Å². The van der Waals surface area contributed by atoms with Crippen molar-refractivity contribution in [1.82, 2.24) is 5.32 Å². The van der Waals surface area contributed by atoms with Gasteiger partial charge in [-0.1, -0.05) is 36.4 Å². The fourth-order valence-corrected chi connectivity index (χ4v) is 2.78. The topological polar surface area (TPSA) is 84.9 Å². The van der Waals surface area contributed by atoms with Crippen molar-refractivity contribution in [2.24, 2.45) is 0 Å². The van der Waals surface area contributed by atoms with Gasteiger partial charge in [0, 0.05) is 12.0 Å². The van der Waals surface area contributed by atoms with E-state index in [0.29, 0.717) is 24.1 Å². The molecule has 2 aromatic carbocycles. The molecule has 0 unspecified atom stereocenters. The number of hydrogen-bond donors (Lipinski definition) is 2. The number of carbonyl (C=O) groups excluding carboxylic acids is 2. The molecule has 2 aromatic rings. The van der Waals surface area contributed by atoms with Crippen LogP contribution in [-0.4, -0.2) is 37.2 Å². The predicted octanol–water partition coefficient (Wildman–Crippen LogP) is 0.418. The minimum Gasteiger partial charge on any atom is -0.467 e. The minimum atomic E-state index is -1.02. The van der Waals surface area contributed by atoms with Gasteiger partial charge in [0.2, 0.25) is 0 Å². The van der Waals surface area contributed by atoms with Crippen LogP contribution in [0.4, 0.5) is 0 Å². The largest absolute Gasteiger partial charge is 0.491 e. The number of hydrogen-bond acceptors (Lipinski definition) is 5. The third kappa shape index (κ3) is 3.89. The van der Waals surface area contributed by atoms with Crippen molar-refractivity contribution in [3.05, 3.63) is 65.2 Å². The highest BCUT2D eigenvalue weighted by Gasteiger charge is 2.29. The van der Waals surface area contributed by atoms with Crippen LogP contribution in [-0.2, 0) is 27.2 Å². The van der Waals surface area contributed by atoms with E-state index in [4.69, 9.17) is 9.39 Å². The predicted molar refractivity (Wildman–Crippen MR) is 92.3 cm³/mol. The molecule has 1 amide bonds. The van der Waals surface area contributed by atoms with E-state index in [-0.39, 0.29) is 0 Å². The lowest BCUT2D eigenvalue weighted by molar-refractivity contribution is -0.142. The average molecular weight is 339 g/mol. The maximum absolute atomic E-state index is 12.5. The lowest BCUT2D eigenvalue weighted by Gasteiger charge is -2.17. The van der Waals surface area contributed by atoms with Gasteiger partial charge in [-0.25, -0.2) is 4.79 Å². The van der Waals surface area contributed by atoms with Crippen molar-refractivity contribution in [1.29, 1.82) is 0 Å². The number of nitrogens with one attached hydrogen (secondary N) is 1. The molecule has 0 aromatic heterocycles. The highest BCUT2D eigenvalue weighted by molar-refractivity contribution is 6.61. The molecule has 0 fully saturated rings. The second kappa shape index (κ2) is 7.50. The second-order valence-electron chi connectivity index (χ2n) is 5.82. The normalized spacial score (nSPS) is 13.9. The third-order valence-corrected chi connectivity index (χ3v) is 4.14. The van der Waals surface area contributed by atoms with Gasteiger partial charge in [0.15, 0.2) is 0 Å². The van der Waals surface area contributed by atoms with Crippen LogP contribution in [0.15, 0.2) is 48.5 Å². The van der Waals surface area contributed by atoms with E-state index >= 15 is 0 Å². The zero-order valence-corrected chi connectivity index (χ0v) is 13.8. The zero-order valence-electron chi connectivity index (χ0n) is 13.8. The van der Waals surface area contributed by atoms with Gasteiger partial charge in [0.05, 0.1) is 13.7 Å². The molecule has 6 nitrogen and oxygen atoms in total. The summed E-state index contributed by atoms with van der Waals surface area (Å²) in [4.78, 5) is 24.6. The van der Waals surface area contributed by atoms with Gasteiger partial charge in [-0.15, -0.1) is 0 Å². The van der Waals surface area contributed by atoms with E-state index in [1.54, 1.807) is 18.2 Å². The van der Waals surface area contributed by atoms with E-state index in [9.17, 15) is 14.6 Å². The summed E-state index contributed by atoms with van der Waals surface area (Å²) in [5.74, 6) is -0.921. The molecule has 0 aliphatic carbocycles. The maximum Gasteiger partial charge on any atom is 0.491 e. The highest BCUT2D eigenvalue weighted by atomic mass is 16.5. The quantitative estimate of drug-likeness (QED) is 0.609. The van der Waals surface area contributed by atoms with Crippen molar-refractivity contribution in [2.45, 2.75) is 19.1 Å². The molecule has 2 N–H and O–H groups in total. The molecule has 0 spiro atoms. The summed E-state index contributed by atoms with van der Waals surface area (Å²) in [6, 6.07) is 13.6. The zero-order chi connectivity index (χ0) is 17.8. The molecule has 1 aliphatic rings. The van der Waals surface area contributed by atoms with Crippen molar-refractivity contribution in [3.8, 4) is 0 Å². The molecule has 3 rings (SSSR count). The second-order valence-corrected chi connectivity index (χ2v) is 5.82. The van der Waals surface area contributed by atoms with Crippen LogP contribution in [0.25, 0.3) is 0 Å². The number of benzene rings is 2. The standard InChI is InChI=1S/C18H18BNO5/c1-24-18(22)16(9-12-5-3-2-4-6-12)20-17(21)13-7-8-14-11-25-19(23)15(14)10-13/h2-8,10,16,23H,9,11H2,1H3,(H,20,21)/t16-/m0/s1. The molecular weight excluding hydrogens is 321 g/mol. The lowest BCUT2D eigenvalue weighted by atomic mass is 9.78. The Hall–Kier alpha value is -2.64. The first-order chi connectivity index (χ1) is 12.1. The molecule has 0 bridgehead atoms. The van der Waals surface area contributed by atoms with E-state index in [2.05, 4.69) is 5.32 Å². The van der Waals surface area contributed by atoms with Gasteiger partial charge >= 0.3 is 13.1 Å². The summed E-state index contributed by atoms with van der Waals surface area (Å²) >= 11 is 0. The number of amides is 1. The van der Waals surface area contributed by atoms with Crippen LogP contribution in [0, 0.1) is 0 Å². The number of esters is 1. The number of carbonyl (C=O) groups is 2. The van der Waals surface area contributed by atoms with Crippen LogP contribution in [0.3, 0.4) is 0 Å². The molecule has 1 heterocycles. The molecule has 7 heteroatoms. The van der Waals surface area contributed by atoms with Crippen LogP contribution < -0.4 is 10.8 Å². The van der Waals surface area contributed by atoms with Gasteiger partial charge in [0.25, 0.3) is 5.91 Å². The molecule has 0 radical (unpaired) electrons. The Kier molecular flexibility index (Phi) is 5.16. The fraction of sp³-hybridized carbons (Fsp3) is 0.222. The molecule has 0 saturated heterocycles. The number of methoxy groups -OCH3 is 1. The molecule has 1 atom stereocenters. The van der Waals surface area contributed by atoms with E-state index in [1.807, 2.05) is 30.3 Å². The van der Waals surface area contributed by atoms with Gasteiger partial charge in [-0.3, -0.25) is 4.79 Å². The first-order valence-electron chi connectivity index (χ1n) is 7.93. The Morgan fingerprint density at radius 3 is 2.76 bits per heavy atom. The van der Waals surface area contributed by atoms with Crippen LogP contribution in [0.5, 0.6) is 0 Å². The monoisotopic (exact) mass is 339 g/mol. The van der Waals surface area contributed by atoms with Crippen molar-refractivity contribution in [3.63, 3.8) is 0 Å². The molecule has 0 saturated carbocycles. The van der Waals surface area contributed by atoms with Crippen molar-refractivity contribution >= 4 is 24.5 Å². The Balaban J connectivity index is 1.76. The molecular formula is C18H18BNO5. The van der Waals surface area contributed by atoms with E-state index in [1.165, 1.54) is 7.11 Å². The number of rotatable bonds is 5. The molecule has 1 aliphatic heterocycles. The van der Waals surface area contributed by atoms with Gasteiger partial charge in [0.1, 0.15) is 6.04 Å². The molecule has 25 heavy (non-hydrogen) atoms. The van der Waals surface area contributed by atoms with Crippen molar-refractivity contribution < 1.29 is 24.0 Å². The minimum absolute atomic E-state index is 0.317. The number of ether oxygens (including phenoxy) is 1. The van der Waals surface area contributed by atoms with E-state index in [0.717, 1.165) is 11.1 Å². The Labute approximate surface area is 145 Å². The Morgan fingerprint density at radius 1 is 1.28 bits per heavy atom. The summed E-state index contributed by atoms with van der Waals surface area (Å²) in [5.41, 5.74) is 2.68. The van der Waals surface area contributed by atoms with Crippen LogP contribution in [0.1, 0.15) is 21.5 Å². The summed E-state index contributed by atoms with van der Waals surface area (Å²) in [7, 11) is 0.263. The number of fused-ring (bicyclic) bond motifs is 1.